The van der Waals surface area contributed by atoms with Crippen LogP contribution in [0.3, 0.4) is 0 Å². The highest BCUT2D eigenvalue weighted by molar-refractivity contribution is 6.13. The number of benzene rings is 7. The molecule has 0 bridgehead atoms. The molecule has 2 nitrogen and oxygen atoms in total. The molecule has 0 aliphatic heterocycles. The normalized spacial score (nSPS) is 11.2. The minimum absolute atomic E-state index is 0.868. The zero-order valence-electron chi connectivity index (χ0n) is 24.1. The molecule has 0 radical (unpaired) electrons. The predicted molar refractivity (Wildman–Crippen MR) is 185 cm³/mol. The maximum atomic E-state index is 6.50. The van der Waals surface area contributed by atoms with Crippen molar-refractivity contribution in [2.75, 3.05) is 4.90 Å². The SMILES string of the molecule is c1ccc(-c2ccc(N(c3ccc(-c4ccccc4)cc3)c3ccc4c(c3)oc3cccc(-c5ccccc5)c34)cc2)cc1. The molecular weight excluding hydrogens is 534 g/mol. The molecule has 0 unspecified atom stereocenters. The molecule has 0 amide bonds. The summed E-state index contributed by atoms with van der Waals surface area (Å²) < 4.78 is 6.50. The summed E-state index contributed by atoms with van der Waals surface area (Å²) in [6.07, 6.45) is 0. The number of furan rings is 1. The van der Waals surface area contributed by atoms with Crippen molar-refractivity contribution >= 4 is 39.0 Å². The van der Waals surface area contributed by atoms with Crippen LogP contribution in [-0.4, -0.2) is 0 Å². The Morgan fingerprint density at radius 2 is 0.818 bits per heavy atom. The van der Waals surface area contributed by atoms with Crippen LogP contribution in [-0.2, 0) is 0 Å². The summed E-state index contributed by atoms with van der Waals surface area (Å²) in [6.45, 7) is 0. The summed E-state index contributed by atoms with van der Waals surface area (Å²) in [4.78, 5) is 2.30. The van der Waals surface area contributed by atoms with Gasteiger partial charge in [0.15, 0.2) is 0 Å². The van der Waals surface area contributed by atoms with Gasteiger partial charge in [0, 0.05) is 33.9 Å². The van der Waals surface area contributed by atoms with Crippen molar-refractivity contribution in [2.24, 2.45) is 0 Å². The predicted octanol–water partition coefficient (Wildman–Crippen LogP) is 12.1. The van der Waals surface area contributed by atoms with Gasteiger partial charge in [0.1, 0.15) is 11.2 Å². The van der Waals surface area contributed by atoms with Crippen LogP contribution in [0.1, 0.15) is 0 Å². The lowest BCUT2D eigenvalue weighted by atomic mass is 9.99. The Hall–Kier alpha value is -5.86. The molecule has 0 N–H and O–H groups in total. The summed E-state index contributed by atoms with van der Waals surface area (Å²) in [5.74, 6) is 0. The lowest BCUT2D eigenvalue weighted by molar-refractivity contribution is 0.669. The Bertz CT molecular complexity index is 2100. The molecule has 8 aromatic rings. The first kappa shape index (κ1) is 25.8. The molecule has 7 aromatic carbocycles. The third-order valence-corrected chi connectivity index (χ3v) is 8.29. The summed E-state index contributed by atoms with van der Waals surface area (Å²) >= 11 is 0. The van der Waals surface area contributed by atoms with Crippen molar-refractivity contribution in [2.45, 2.75) is 0 Å². The maximum absolute atomic E-state index is 6.50. The summed E-state index contributed by atoms with van der Waals surface area (Å²) in [7, 11) is 0. The average molecular weight is 564 g/mol. The van der Waals surface area contributed by atoms with Crippen LogP contribution in [0.15, 0.2) is 180 Å². The zero-order valence-corrected chi connectivity index (χ0v) is 24.1. The zero-order chi connectivity index (χ0) is 29.3. The van der Waals surface area contributed by atoms with E-state index in [-0.39, 0.29) is 0 Å². The first-order valence-corrected chi connectivity index (χ1v) is 14.9. The van der Waals surface area contributed by atoms with Gasteiger partial charge in [-0.3, -0.25) is 0 Å². The van der Waals surface area contributed by atoms with Gasteiger partial charge in [-0.15, -0.1) is 0 Å². The molecule has 0 atom stereocenters. The number of anilines is 3. The van der Waals surface area contributed by atoms with E-state index in [2.05, 4.69) is 181 Å². The van der Waals surface area contributed by atoms with E-state index < -0.39 is 0 Å². The molecule has 1 aromatic heterocycles. The van der Waals surface area contributed by atoms with Crippen molar-refractivity contribution in [1.29, 1.82) is 0 Å². The number of hydrogen-bond acceptors (Lipinski definition) is 2. The topological polar surface area (TPSA) is 16.4 Å². The van der Waals surface area contributed by atoms with Gasteiger partial charge in [-0.25, -0.2) is 0 Å². The van der Waals surface area contributed by atoms with Crippen molar-refractivity contribution in [3.8, 4) is 33.4 Å². The van der Waals surface area contributed by atoms with E-state index in [1.165, 1.54) is 33.4 Å². The highest BCUT2D eigenvalue weighted by atomic mass is 16.3. The molecule has 0 spiro atoms. The average Bonchev–Trinajstić information content (AvgIpc) is 3.48. The first-order chi connectivity index (χ1) is 21.8. The fourth-order valence-corrected chi connectivity index (χ4v) is 6.13. The maximum Gasteiger partial charge on any atom is 0.137 e. The third kappa shape index (κ3) is 4.73. The highest BCUT2D eigenvalue weighted by Crippen LogP contribution is 2.41. The summed E-state index contributed by atoms with van der Waals surface area (Å²) in [5.41, 5.74) is 12.1. The quantitative estimate of drug-likeness (QED) is 0.200. The summed E-state index contributed by atoms with van der Waals surface area (Å²) in [6, 6.07) is 62.0. The van der Waals surface area contributed by atoms with Crippen molar-refractivity contribution in [3.05, 3.63) is 176 Å². The molecule has 208 valence electrons. The third-order valence-electron chi connectivity index (χ3n) is 8.29. The Morgan fingerprint density at radius 3 is 1.36 bits per heavy atom. The molecule has 0 aliphatic carbocycles. The van der Waals surface area contributed by atoms with Gasteiger partial charge in [0.05, 0.1) is 0 Å². The van der Waals surface area contributed by atoms with Crippen LogP contribution in [0.5, 0.6) is 0 Å². The van der Waals surface area contributed by atoms with Crippen molar-refractivity contribution in [1.82, 2.24) is 0 Å². The van der Waals surface area contributed by atoms with Gasteiger partial charge < -0.3 is 9.32 Å². The van der Waals surface area contributed by atoms with Gasteiger partial charge in [-0.2, -0.15) is 0 Å². The van der Waals surface area contributed by atoms with Crippen molar-refractivity contribution in [3.63, 3.8) is 0 Å². The minimum atomic E-state index is 0.868. The van der Waals surface area contributed by atoms with Gasteiger partial charge >= 0.3 is 0 Å². The molecule has 0 aliphatic rings. The lowest BCUT2D eigenvalue weighted by Crippen LogP contribution is -2.09. The Kier molecular flexibility index (Phi) is 6.51. The number of hydrogen-bond donors (Lipinski definition) is 0. The monoisotopic (exact) mass is 563 g/mol. The fourth-order valence-electron chi connectivity index (χ4n) is 6.13. The van der Waals surface area contributed by atoms with E-state index in [1.807, 2.05) is 0 Å². The molecule has 0 saturated heterocycles. The first-order valence-electron chi connectivity index (χ1n) is 14.9. The number of rotatable bonds is 6. The smallest absolute Gasteiger partial charge is 0.137 e. The van der Waals surface area contributed by atoms with Crippen LogP contribution in [0.4, 0.5) is 17.1 Å². The number of fused-ring (bicyclic) bond motifs is 3. The van der Waals surface area contributed by atoms with Crippen molar-refractivity contribution < 1.29 is 4.42 Å². The molecule has 0 fully saturated rings. The van der Waals surface area contributed by atoms with E-state index in [4.69, 9.17) is 4.42 Å². The van der Waals surface area contributed by atoms with Crippen LogP contribution in [0.25, 0.3) is 55.3 Å². The highest BCUT2D eigenvalue weighted by Gasteiger charge is 2.17. The van der Waals surface area contributed by atoms with Crippen LogP contribution < -0.4 is 4.90 Å². The van der Waals surface area contributed by atoms with Gasteiger partial charge in [-0.05, 0) is 75.8 Å². The number of nitrogens with zero attached hydrogens (tertiary/aromatic N) is 1. The lowest BCUT2D eigenvalue weighted by Gasteiger charge is -2.26. The second kappa shape index (κ2) is 11.1. The van der Waals surface area contributed by atoms with E-state index >= 15 is 0 Å². The van der Waals surface area contributed by atoms with Gasteiger partial charge in [-0.1, -0.05) is 127 Å². The second-order valence-electron chi connectivity index (χ2n) is 11.0. The van der Waals surface area contributed by atoms with E-state index in [0.717, 1.165) is 39.0 Å². The molecular formula is C42H29NO. The largest absolute Gasteiger partial charge is 0.456 e. The van der Waals surface area contributed by atoms with Crippen LogP contribution in [0.2, 0.25) is 0 Å². The minimum Gasteiger partial charge on any atom is -0.456 e. The molecule has 2 heteroatoms. The second-order valence-corrected chi connectivity index (χ2v) is 11.0. The molecule has 8 rings (SSSR count). The van der Waals surface area contributed by atoms with Gasteiger partial charge in [0.25, 0.3) is 0 Å². The van der Waals surface area contributed by atoms with Crippen LogP contribution >= 0.6 is 0 Å². The van der Waals surface area contributed by atoms with E-state index in [0.29, 0.717) is 0 Å². The molecule has 44 heavy (non-hydrogen) atoms. The summed E-state index contributed by atoms with van der Waals surface area (Å²) in [5, 5.41) is 2.26. The Morgan fingerprint density at radius 1 is 0.341 bits per heavy atom. The van der Waals surface area contributed by atoms with E-state index in [9.17, 15) is 0 Å². The van der Waals surface area contributed by atoms with Crippen LogP contribution in [0, 0.1) is 0 Å². The van der Waals surface area contributed by atoms with Gasteiger partial charge in [0.2, 0.25) is 0 Å². The Balaban J connectivity index is 1.25. The van der Waals surface area contributed by atoms with E-state index in [1.54, 1.807) is 0 Å². The molecule has 0 saturated carbocycles. The molecule has 1 heterocycles. The fraction of sp³-hybridized carbons (Fsp3) is 0. The Labute approximate surface area is 257 Å². The standard InChI is InChI=1S/C42H29NO/c1-4-11-30(12-5-1)32-19-23-35(24-20-32)43(36-25-21-33(22-26-36)31-13-6-2-7-14-31)37-27-28-39-41(29-37)44-40-18-10-17-38(42(39)40)34-15-8-3-9-16-34/h1-29H.